The van der Waals surface area contributed by atoms with E-state index in [0.717, 1.165) is 37.0 Å². The summed E-state index contributed by atoms with van der Waals surface area (Å²) in [6.07, 6.45) is 1.86. The zero-order chi connectivity index (χ0) is 13.2. The summed E-state index contributed by atoms with van der Waals surface area (Å²) in [6.45, 7) is 3.22. The number of fused-ring (bicyclic) bond motifs is 1. The van der Waals surface area contributed by atoms with E-state index in [9.17, 15) is 4.79 Å². The molecule has 0 saturated carbocycles. The number of nitrogens with one attached hydrogen (secondary N) is 1. The fourth-order valence-corrected chi connectivity index (χ4v) is 2.45. The Bertz CT molecular complexity index is 552. The molecule has 2 aromatic rings. The number of benzene rings is 1. The number of piperidine rings is 1. The van der Waals surface area contributed by atoms with Crippen LogP contribution in [-0.2, 0) is 4.79 Å². The van der Waals surface area contributed by atoms with Crippen LogP contribution in [0.15, 0.2) is 28.7 Å². The highest BCUT2D eigenvalue weighted by Gasteiger charge is 2.21. The van der Waals surface area contributed by atoms with Gasteiger partial charge in [0.25, 0.3) is 6.01 Å². The second-order valence-electron chi connectivity index (χ2n) is 4.91. The van der Waals surface area contributed by atoms with Gasteiger partial charge in [0.2, 0.25) is 5.91 Å². The van der Waals surface area contributed by atoms with Crippen molar-refractivity contribution in [1.29, 1.82) is 0 Å². The fraction of sp³-hybridized carbons (Fsp3) is 0.429. The predicted octanol–water partition coefficient (Wildman–Crippen LogP) is 2.25. The number of carbonyl (C=O) groups is 1. The smallest absolute Gasteiger partial charge is 0.295 e. The Morgan fingerprint density at radius 1 is 1.37 bits per heavy atom. The van der Waals surface area contributed by atoms with E-state index >= 15 is 0 Å². The first-order valence-electron chi connectivity index (χ1n) is 6.60. The molecule has 100 valence electrons. The molecule has 5 nitrogen and oxygen atoms in total. The molecule has 1 aromatic carbocycles. The molecule has 1 amide bonds. The molecule has 0 radical (unpaired) electrons. The fourth-order valence-electron chi connectivity index (χ4n) is 2.45. The Hall–Kier alpha value is -2.04. The van der Waals surface area contributed by atoms with E-state index in [1.54, 1.807) is 6.92 Å². The van der Waals surface area contributed by atoms with Crippen molar-refractivity contribution in [2.24, 2.45) is 0 Å². The van der Waals surface area contributed by atoms with Gasteiger partial charge in [0.15, 0.2) is 5.58 Å². The number of carbonyl (C=O) groups excluding carboxylic acids is 1. The van der Waals surface area contributed by atoms with Crippen molar-refractivity contribution in [3.8, 4) is 0 Å². The minimum Gasteiger partial charge on any atom is -0.424 e. The lowest BCUT2D eigenvalue weighted by Gasteiger charge is -2.31. The van der Waals surface area contributed by atoms with Crippen molar-refractivity contribution in [3.05, 3.63) is 24.3 Å². The van der Waals surface area contributed by atoms with Gasteiger partial charge in [-0.3, -0.25) is 4.79 Å². The number of nitrogens with zero attached hydrogens (tertiary/aromatic N) is 2. The van der Waals surface area contributed by atoms with Gasteiger partial charge >= 0.3 is 0 Å². The third kappa shape index (κ3) is 2.54. The van der Waals surface area contributed by atoms with Crippen LogP contribution >= 0.6 is 0 Å². The minimum atomic E-state index is 0.153. The largest absolute Gasteiger partial charge is 0.424 e. The molecule has 1 fully saturated rings. The number of rotatable bonds is 2. The molecule has 0 aliphatic carbocycles. The van der Waals surface area contributed by atoms with Gasteiger partial charge in [0.1, 0.15) is 5.52 Å². The molecular formula is C14H17N3O2. The minimum absolute atomic E-state index is 0.153. The van der Waals surface area contributed by atoms with Crippen LogP contribution in [0, 0.1) is 0 Å². The normalized spacial score (nSPS) is 16.8. The highest BCUT2D eigenvalue weighted by atomic mass is 16.4. The topological polar surface area (TPSA) is 58.4 Å². The van der Waals surface area contributed by atoms with Gasteiger partial charge in [-0.25, -0.2) is 0 Å². The SMILES string of the molecule is CC(=O)N1CCC(Nc2nc3ccccc3o2)CC1. The lowest BCUT2D eigenvalue weighted by molar-refractivity contribution is -0.129. The lowest BCUT2D eigenvalue weighted by atomic mass is 10.1. The van der Waals surface area contributed by atoms with Crippen molar-refractivity contribution in [1.82, 2.24) is 9.88 Å². The van der Waals surface area contributed by atoms with E-state index in [1.807, 2.05) is 29.2 Å². The maximum Gasteiger partial charge on any atom is 0.295 e. The molecule has 1 N–H and O–H groups in total. The van der Waals surface area contributed by atoms with Gasteiger partial charge in [-0.1, -0.05) is 12.1 Å². The number of para-hydroxylation sites is 2. The number of oxazole rings is 1. The van der Waals surface area contributed by atoms with E-state index in [4.69, 9.17) is 4.42 Å². The van der Waals surface area contributed by atoms with E-state index in [2.05, 4.69) is 10.3 Å². The van der Waals surface area contributed by atoms with E-state index < -0.39 is 0 Å². The first-order chi connectivity index (χ1) is 9.22. The third-order valence-electron chi connectivity index (χ3n) is 3.56. The van der Waals surface area contributed by atoms with Crippen LogP contribution in [0.5, 0.6) is 0 Å². The van der Waals surface area contributed by atoms with Crippen molar-refractivity contribution >= 4 is 23.0 Å². The summed E-state index contributed by atoms with van der Waals surface area (Å²) in [5.74, 6) is 0.153. The Morgan fingerprint density at radius 2 is 2.11 bits per heavy atom. The molecular weight excluding hydrogens is 242 g/mol. The molecule has 2 heterocycles. The zero-order valence-corrected chi connectivity index (χ0v) is 10.9. The van der Waals surface area contributed by atoms with E-state index in [0.29, 0.717) is 12.1 Å². The molecule has 1 aliphatic heterocycles. The predicted molar refractivity (Wildman–Crippen MR) is 72.9 cm³/mol. The summed E-state index contributed by atoms with van der Waals surface area (Å²) in [4.78, 5) is 17.5. The van der Waals surface area contributed by atoms with Gasteiger partial charge in [-0.15, -0.1) is 0 Å². The standard InChI is InChI=1S/C14H17N3O2/c1-10(18)17-8-6-11(7-9-17)15-14-16-12-4-2-3-5-13(12)19-14/h2-5,11H,6-9H2,1H3,(H,15,16). The Morgan fingerprint density at radius 3 is 2.79 bits per heavy atom. The summed E-state index contributed by atoms with van der Waals surface area (Å²) in [6, 6.07) is 8.61. The molecule has 0 spiro atoms. The second-order valence-corrected chi connectivity index (χ2v) is 4.91. The lowest BCUT2D eigenvalue weighted by Crippen LogP contribution is -2.41. The van der Waals surface area contributed by atoms with Crippen LogP contribution < -0.4 is 5.32 Å². The quantitative estimate of drug-likeness (QED) is 0.898. The van der Waals surface area contributed by atoms with Crippen LogP contribution in [0.3, 0.4) is 0 Å². The molecule has 1 aliphatic rings. The summed E-state index contributed by atoms with van der Waals surface area (Å²) in [7, 11) is 0. The van der Waals surface area contributed by atoms with Crippen LogP contribution in [0.4, 0.5) is 6.01 Å². The molecule has 0 bridgehead atoms. The molecule has 0 unspecified atom stereocenters. The van der Waals surface area contributed by atoms with Crippen molar-refractivity contribution in [3.63, 3.8) is 0 Å². The van der Waals surface area contributed by atoms with Gasteiger partial charge in [-0.2, -0.15) is 4.98 Å². The summed E-state index contributed by atoms with van der Waals surface area (Å²) >= 11 is 0. The van der Waals surface area contributed by atoms with E-state index in [1.165, 1.54) is 0 Å². The molecule has 19 heavy (non-hydrogen) atoms. The highest BCUT2D eigenvalue weighted by molar-refractivity contribution is 5.74. The van der Waals surface area contributed by atoms with E-state index in [-0.39, 0.29) is 5.91 Å². The molecule has 1 saturated heterocycles. The van der Waals surface area contributed by atoms with Crippen LogP contribution in [-0.4, -0.2) is 34.9 Å². The number of amides is 1. The maximum atomic E-state index is 11.3. The monoisotopic (exact) mass is 259 g/mol. The summed E-state index contributed by atoms with van der Waals surface area (Å²) in [5.41, 5.74) is 1.66. The van der Waals surface area contributed by atoms with Crippen molar-refractivity contribution in [2.45, 2.75) is 25.8 Å². The Balaban J connectivity index is 1.64. The number of hydrogen-bond donors (Lipinski definition) is 1. The van der Waals surface area contributed by atoms with Gasteiger partial charge < -0.3 is 14.6 Å². The zero-order valence-electron chi connectivity index (χ0n) is 10.9. The van der Waals surface area contributed by atoms with Crippen molar-refractivity contribution < 1.29 is 9.21 Å². The highest BCUT2D eigenvalue weighted by Crippen LogP contribution is 2.21. The number of anilines is 1. The number of likely N-dealkylation sites (tertiary alicyclic amines) is 1. The van der Waals surface area contributed by atoms with Crippen molar-refractivity contribution in [2.75, 3.05) is 18.4 Å². The Kier molecular flexibility index (Phi) is 3.11. The molecule has 1 aromatic heterocycles. The average molecular weight is 259 g/mol. The maximum absolute atomic E-state index is 11.3. The third-order valence-corrected chi connectivity index (χ3v) is 3.56. The van der Waals surface area contributed by atoms with Gasteiger partial charge in [0, 0.05) is 26.1 Å². The first kappa shape index (κ1) is 12.0. The summed E-state index contributed by atoms with van der Waals surface area (Å²) in [5, 5.41) is 3.31. The van der Waals surface area contributed by atoms with Crippen LogP contribution in [0.1, 0.15) is 19.8 Å². The van der Waals surface area contributed by atoms with Crippen LogP contribution in [0.25, 0.3) is 11.1 Å². The summed E-state index contributed by atoms with van der Waals surface area (Å²) < 4.78 is 5.64. The van der Waals surface area contributed by atoms with Gasteiger partial charge in [0.05, 0.1) is 0 Å². The first-order valence-corrected chi connectivity index (χ1v) is 6.60. The van der Waals surface area contributed by atoms with Crippen LogP contribution in [0.2, 0.25) is 0 Å². The average Bonchev–Trinajstić information content (AvgIpc) is 2.81. The Labute approximate surface area is 111 Å². The van der Waals surface area contributed by atoms with Gasteiger partial charge in [-0.05, 0) is 25.0 Å². The number of aromatic nitrogens is 1. The molecule has 0 atom stereocenters. The number of hydrogen-bond acceptors (Lipinski definition) is 4. The second kappa shape index (κ2) is 4.91. The molecule has 5 heteroatoms. The molecule has 3 rings (SSSR count).